The number of benzene rings is 3. The lowest BCUT2D eigenvalue weighted by atomic mass is 10.1. The molecule has 0 aliphatic carbocycles. The summed E-state index contributed by atoms with van der Waals surface area (Å²) in [6, 6.07) is 20.6. The van der Waals surface area contributed by atoms with Crippen LogP contribution in [0.2, 0.25) is 5.02 Å². The van der Waals surface area contributed by atoms with E-state index in [-0.39, 0.29) is 21.6 Å². The topological polar surface area (TPSA) is 117 Å². The van der Waals surface area contributed by atoms with Crippen LogP contribution in [0.5, 0.6) is 0 Å². The van der Waals surface area contributed by atoms with Crippen molar-refractivity contribution in [2.75, 3.05) is 10.2 Å². The van der Waals surface area contributed by atoms with Crippen LogP contribution in [0.3, 0.4) is 0 Å². The highest BCUT2D eigenvalue weighted by atomic mass is 35.5. The molecular weight excluding hydrogens is 482 g/mol. The lowest BCUT2D eigenvalue weighted by molar-refractivity contribution is -0.112. The highest BCUT2D eigenvalue weighted by Gasteiger charge is 2.34. The van der Waals surface area contributed by atoms with Gasteiger partial charge in [-0.2, -0.15) is 5.10 Å². The summed E-state index contributed by atoms with van der Waals surface area (Å²) < 4.78 is 23.1. The van der Waals surface area contributed by atoms with Gasteiger partial charge in [-0.15, -0.1) is 0 Å². The maximum absolute atomic E-state index is 13.2. The van der Waals surface area contributed by atoms with Crippen LogP contribution in [0, 0.1) is 0 Å². The fourth-order valence-electron chi connectivity index (χ4n) is 3.33. The summed E-state index contributed by atoms with van der Waals surface area (Å²) in [6.45, 7) is 0.356. The lowest BCUT2D eigenvalue weighted by Crippen LogP contribution is -2.32. The molecule has 0 bridgehead atoms. The number of primary sulfonamides is 1. The van der Waals surface area contributed by atoms with E-state index >= 15 is 0 Å². The van der Waals surface area contributed by atoms with E-state index in [2.05, 4.69) is 15.8 Å². The Hall–Kier alpha value is -3.31. The summed E-state index contributed by atoms with van der Waals surface area (Å²) in [5.41, 5.74) is 5.45. The molecule has 0 saturated heterocycles. The van der Waals surface area contributed by atoms with Gasteiger partial charge >= 0.3 is 0 Å². The Morgan fingerprint density at radius 2 is 1.82 bits per heavy atom. The van der Waals surface area contributed by atoms with E-state index in [1.165, 1.54) is 18.2 Å². The third kappa shape index (κ3) is 5.20. The number of nitrogens with zero attached hydrogens (tertiary/aromatic N) is 2. The average Bonchev–Trinajstić information content (AvgIpc) is 3.03. The van der Waals surface area contributed by atoms with Gasteiger partial charge in [0, 0.05) is 16.3 Å². The van der Waals surface area contributed by atoms with Crippen molar-refractivity contribution in [3.05, 3.63) is 88.9 Å². The molecule has 8 nitrogen and oxygen atoms in total. The van der Waals surface area contributed by atoms with Crippen LogP contribution in [0.25, 0.3) is 0 Å². The van der Waals surface area contributed by atoms with Crippen molar-refractivity contribution < 1.29 is 13.2 Å². The number of rotatable bonds is 5. The van der Waals surface area contributed by atoms with Gasteiger partial charge in [-0.1, -0.05) is 48.0 Å². The summed E-state index contributed by atoms with van der Waals surface area (Å²) >= 11 is 11.4. The Bertz CT molecular complexity index is 1380. The van der Waals surface area contributed by atoms with Crippen molar-refractivity contribution in [1.82, 2.24) is 5.43 Å². The number of nitrogens with two attached hydrogens (primary N) is 1. The van der Waals surface area contributed by atoms with Crippen LogP contribution >= 0.6 is 23.8 Å². The first-order valence-corrected chi connectivity index (χ1v) is 12.0. The van der Waals surface area contributed by atoms with Gasteiger partial charge in [0.05, 0.1) is 17.1 Å². The number of carbonyl (C=O) groups is 1. The molecule has 1 heterocycles. The Kier molecular flexibility index (Phi) is 6.43. The predicted octanol–water partition coefficient (Wildman–Crippen LogP) is 3.22. The molecule has 0 atom stereocenters. The number of sulfonamides is 1. The number of fused-ring (bicyclic) bond motifs is 1. The molecule has 1 aliphatic rings. The van der Waals surface area contributed by atoms with E-state index in [0.29, 0.717) is 28.5 Å². The fourth-order valence-corrected chi connectivity index (χ4v) is 4.22. The molecule has 1 aliphatic heterocycles. The SMILES string of the molecule is NS(=O)(=O)c1cccc(NC(=S)NN=C2C(=O)N(Cc3ccccc3)c3cc(Cl)ccc32)c1. The van der Waals surface area contributed by atoms with Crippen molar-refractivity contribution >= 4 is 61.9 Å². The maximum Gasteiger partial charge on any atom is 0.279 e. The second kappa shape index (κ2) is 9.28. The Balaban J connectivity index is 1.55. The number of amides is 1. The van der Waals surface area contributed by atoms with Crippen LogP contribution in [0.4, 0.5) is 11.4 Å². The quantitative estimate of drug-likeness (QED) is 0.366. The molecule has 0 radical (unpaired) electrons. The summed E-state index contributed by atoms with van der Waals surface area (Å²) in [7, 11) is -3.85. The molecule has 0 spiro atoms. The molecule has 3 aromatic rings. The number of anilines is 2. The van der Waals surface area contributed by atoms with Gasteiger partial charge < -0.3 is 10.2 Å². The van der Waals surface area contributed by atoms with Crippen LogP contribution in [0.15, 0.2) is 82.8 Å². The zero-order valence-electron chi connectivity index (χ0n) is 17.0. The first-order valence-electron chi connectivity index (χ1n) is 9.65. The van der Waals surface area contributed by atoms with E-state index in [1.807, 2.05) is 30.3 Å². The lowest BCUT2D eigenvalue weighted by Gasteiger charge is -2.17. The minimum Gasteiger partial charge on any atom is -0.331 e. The molecular formula is C22H18ClN5O3S2. The number of hydrogen-bond donors (Lipinski definition) is 3. The monoisotopic (exact) mass is 499 g/mol. The highest BCUT2D eigenvalue weighted by Crippen LogP contribution is 2.33. The number of carbonyl (C=O) groups excluding carboxylic acids is 1. The zero-order valence-corrected chi connectivity index (χ0v) is 19.4. The number of nitrogens with one attached hydrogen (secondary N) is 2. The zero-order chi connectivity index (χ0) is 23.6. The minimum absolute atomic E-state index is 0.0602. The standard InChI is InChI=1S/C22H18ClN5O3S2/c23-15-9-10-18-19(11-15)28(13-14-5-2-1-3-6-14)21(29)20(18)26-27-22(32)25-16-7-4-8-17(12-16)33(24,30)31/h1-12H,13H2,(H2,24,30,31)(H2,25,27,32). The normalized spacial score (nSPS) is 14.3. The highest BCUT2D eigenvalue weighted by molar-refractivity contribution is 7.89. The molecule has 33 heavy (non-hydrogen) atoms. The van der Waals surface area contributed by atoms with Gasteiger partial charge in [-0.05, 0) is 54.2 Å². The number of halogens is 1. The smallest absolute Gasteiger partial charge is 0.279 e. The largest absolute Gasteiger partial charge is 0.331 e. The van der Waals surface area contributed by atoms with Crippen molar-refractivity contribution in [2.45, 2.75) is 11.4 Å². The molecule has 1 amide bonds. The molecule has 3 aromatic carbocycles. The third-order valence-electron chi connectivity index (χ3n) is 4.83. The molecule has 11 heteroatoms. The van der Waals surface area contributed by atoms with E-state index in [4.69, 9.17) is 29.0 Å². The molecule has 4 rings (SSSR count). The summed E-state index contributed by atoms with van der Waals surface area (Å²) in [5.74, 6) is -0.303. The molecule has 0 saturated carbocycles. The van der Waals surface area contributed by atoms with Gasteiger partial charge in [0.2, 0.25) is 10.0 Å². The third-order valence-corrected chi connectivity index (χ3v) is 6.17. The molecule has 4 N–H and O–H groups in total. The Morgan fingerprint density at radius 3 is 2.55 bits per heavy atom. The van der Waals surface area contributed by atoms with Gasteiger partial charge in [-0.3, -0.25) is 10.2 Å². The van der Waals surface area contributed by atoms with Crippen molar-refractivity contribution in [3.8, 4) is 0 Å². The summed E-state index contributed by atoms with van der Waals surface area (Å²) in [4.78, 5) is 14.7. The minimum atomic E-state index is -3.85. The van der Waals surface area contributed by atoms with Gasteiger partial charge in [0.15, 0.2) is 10.8 Å². The molecule has 0 fully saturated rings. The second-order valence-corrected chi connectivity index (χ2v) is 9.54. The predicted molar refractivity (Wildman–Crippen MR) is 133 cm³/mol. The average molecular weight is 500 g/mol. The fraction of sp³-hybridized carbons (Fsp3) is 0.0455. The van der Waals surface area contributed by atoms with Crippen molar-refractivity contribution in [2.24, 2.45) is 10.2 Å². The van der Waals surface area contributed by atoms with Crippen molar-refractivity contribution in [1.29, 1.82) is 0 Å². The van der Waals surface area contributed by atoms with Crippen LogP contribution in [-0.4, -0.2) is 25.1 Å². The first-order chi connectivity index (χ1) is 15.7. The van der Waals surface area contributed by atoms with E-state index in [1.54, 1.807) is 29.2 Å². The Labute approximate surface area is 201 Å². The van der Waals surface area contributed by atoms with Crippen LogP contribution in [-0.2, 0) is 21.4 Å². The second-order valence-electron chi connectivity index (χ2n) is 7.14. The molecule has 0 unspecified atom stereocenters. The maximum atomic E-state index is 13.2. The van der Waals surface area contributed by atoms with E-state index in [0.717, 1.165) is 5.56 Å². The summed E-state index contributed by atoms with van der Waals surface area (Å²) in [5, 5.41) is 12.8. The van der Waals surface area contributed by atoms with E-state index < -0.39 is 10.0 Å². The molecule has 0 aromatic heterocycles. The van der Waals surface area contributed by atoms with Crippen LogP contribution in [0.1, 0.15) is 11.1 Å². The van der Waals surface area contributed by atoms with Gasteiger partial charge in [-0.25, -0.2) is 13.6 Å². The number of hydrazone groups is 1. The van der Waals surface area contributed by atoms with Crippen LogP contribution < -0.4 is 20.8 Å². The summed E-state index contributed by atoms with van der Waals surface area (Å²) in [6.07, 6.45) is 0. The Morgan fingerprint density at radius 1 is 1.06 bits per heavy atom. The first kappa shape index (κ1) is 22.9. The van der Waals surface area contributed by atoms with Crippen molar-refractivity contribution in [3.63, 3.8) is 0 Å². The van der Waals surface area contributed by atoms with E-state index in [9.17, 15) is 13.2 Å². The van der Waals surface area contributed by atoms with Gasteiger partial charge in [0.1, 0.15) is 0 Å². The number of thiocarbonyl (C=S) groups is 1. The van der Waals surface area contributed by atoms with Gasteiger partial charge in [0.25, 0.3) is 5.91 Å². The molecule has 168 valence electrons. The number of hydrogen-bond acceptors (Lipinski definition) is 5.